The number of methoxy groups -OCH3 is 1. The second-order valence-electron chi connectivity index (χ2n) is 8.28. The summed E-state index contributed by atoms with van der Waals surface area (Å²) in [6, 6.07) is 4.39. The minimum Gasteiger partial charge on any atom is -0.496 e. The van der Waals surface area contributed by atoms with E-state index in [2.05, 4.69) is 4.90 Å². The Hall–Kier alpha value is -1.55. The number of Topliss-reactive ketones (excluding diaryl/α,β-unsaturated/α-hetero) is 1. The molecule has 7 nitrogen and oxygen atoms in total. The molecule has 0 saturated carbocycles. The molecule has 3 rings (SSSR count). The number of ketones is 1. The molecule has 0 atom stereocenters. The average Bonchev–Trinajstić information content (AvgIpc) is 2.78. The highest BCUT2D eigenvalue weighted by molar-refractivity contribution is 7.89. The maximum atomic E-state index is 14.3. The van der Waals surface area contributed by atoms with Gasteiger partial charge in [0.1, 0.15) is 11.6 Å². The van der Waals surface area contributed by atoms with E-state index in [0.717, 1.165) is 12.8 Å². The zero-order valence-corrected chi connectivity index (χ0v) is 19.3. The second kappa shape index (κ2) is 10.4. The van der Waals surface area contributed by atoms with E-state index in [4.69, 9.17) is 9.47 Å². The van der Waals surface area contributed by atoms with E-state index in [1.807, 2.05) is 6.92 Å². The Morgan fingerprint density at radius 3 is 2.48 bits per heavy atom. The number of benzene rings is 1. The molecule has 2 saturated heterocycles. The molecule has 2 fully saturated rings. The highest BCUT2D eigenvalue weighted by Gasteiger charge is 2.41. The Morgan fingerprint density at radius 1 is 1.19 bits per heavy atom. The first-order valence-corrected chi connectivity index (χ1v) is 12.6. The molecule has 0 radical (unpaired) electrons. The van der Waals surface area contributed by atoms with Gasteiger partial charge in [-0.3, -0.25) is 9.69 Å². The molecule has 0 aromatic heterocycles. The van der Waals surface area contributed by atoms with Crippen molar-refractivity contribution in [1.82, 2.24) is 9.21 Å². The summed E-state index contributed by atoms with van der Waals surface area (Å²) in [5.74, 6) is -0.420. The first kappa shape index (κ1) is 24.1. The highest BCUT2D eigenvalue weighted by atomic mass is 32.2. The lowest BCUT2D eigenvalue weighted by Gasteiger charge is -2.49. The standard InChI is InChI=1S/C22H33FN2O5S/c1-3-17-31(27,28)25-13-11-24(12-14-25)22(9-15-30-16-10-22)8-7-19(26)21-18(23)5-4-6-20(21)29-2/h4-6H,3,7-17H2,1-2H3. The minimum absolute atomic E-state index is 0.00249. The molecule has 2 aliphatic heterocycles. The number of piperazine rings is 1. The van der Waals surface area contributed by atoms with E-state index in [0.29, 0.717) is 52.2 Å². The maximum Gasteiger partial charge on any atom is 0.214 e. The van der Waals surface area contributed by atoms with E-state index in [1.54, 1.807) is 10.4 Å². The zero-order chi connectivity index (χ0) is 22.5. The fourth-order valence-electron chi connectivity index (χ4n) is 4.72. The van der Waals surface area contributed by atoms with Crippen molar-refractivity contribution < 1.29 is 27.1 Å². The van der Waals surface area contributed by atoms with E-state index in [9.17, 15) is 17.6 Å². The smallest absolute Gasteiger partial charge is 0.214 e. The number of halogens is 1. The van der Waals surface area contributed by atoms with Crippen LogP contribution in [-0.4, -0.2) is 81.2 Å². The molecule has 1 aromatic carbocycles. The van der Waals surface area contributed by atoms with Gasteiger partial charge in [0.15, 0.2) is 5.78 Å². The summed E-state index contributed by atoms with van der Waals surface area (Å²) < 4.78 is 51.5. The largest absolute Gasteiger partial charge is 0.496 e. The van der Waals surface area contributed by atoms with Gasteiger partial charge in [-0.1, -0.05) is 13.0 Å². The lowest BCUT2D eigenvalue weighted by molar-refractivity contribution is -0.0445. The van der Waals surface area contributed by atoms with Crippen LogP contribution in [0.15, 0.2) is 18.2 Å². The van der Waals surface area contributed by atoms with Crippen LogP contribution in [0.25, 0.3) is 0 Å². The number of ether oxygens (including phenoxy) is 2. The van der Waals surface area contributed by atoms with Crippen LogP contribution >= 0.6 is 0 Å². The molecule has 0 bridgehead atoms. The first-order chi connectivity index (χ1) is 14.8. The average molecular weight is 457 g/mol. The monoisotopic (exact) mass is 456 g/mol. The highest BCUT2D eigenvalue weighted by Crippen LogP contribution is 2.35. The lowest BCUT2D eigenvalue weighted by Crippen LogP contribution is -2.60. The molecule has 31 heavy (non-hydrogen) atoms. The van der Waals surface area contributed by atoms with Crippen LogP contribution in [0.1, 0.15) is 49.4 Å². The van der Waals surface area contributed by atoms with E-state index >= 15 is 0 Å². The van der Waals surface area contributed by atoms with Crippen molar-refractivity contribution >= 4 is 15.8 Å². The number of hydrogen-bond donors (Lipinski definition) is 0. The number of carbonyl (C=O) groups is 1. The predicted molar refractivity (Wildman–Crippen MR) is 117 cm³/mol. The third-order valence-corrected chi connectivity index (χ3v) is 8.56. The van der Waals surface area contributed by atoms with Crippen LogP contribution in [0.3, 0.4) is 0 Å². The number of carbonyl (C=O) groups excluding carboxylic acids is 1. The van der Waals surface area contributed by atoms with Gasteiger partial charge in [-0.2, -0.15) is 4.31 Å². The SMILES string of the molecule is CCCS(=O)(=O)N1CCN(C2(CCC(=O)c3c(F)cccc3OC)CCOCC2)CC1. The Bertz CT molecular complexity index is 863. The van der Waals surface area contributed by atoms with Crippen molar-refractivity contribution in [3.63, 3.8) is 0 Å². The molecular formula is C22H33FN2O5S. The Morgan fingerprint density at radius 2 is 1.87 bits per heavy atom. The Labute approximate surface area is 184 Å². The van der Waals surface area contributed by atoms with Crippen molar-refractivity contribution in [1.29, 1.82) is 0 Å². The van der Waals surface area contributed by atoms with E-state index in [-0.39, 0.29) is 34.8 Å². The first-order valence-electron chi connectivity index (χ1n) is 11.0. The van der Waals surface area contributed by atoms with Gasteiger partial charge in [0, 0.05) is 51.4 Å². The van der Waals surface area contributed by atoms with Gasteiger partial charge < -0.3 is 9.47 Å². The fraction of sp³-hybridized carbons (Fsp3) is 0.682. The van der Waals surface area contributed by atoms with E-state index < -0.39 is 15.8 Å². The van der Waals surface area contributed by atoms with Crippen LogP contribution in [0.4, 0.5) is 4.39 Å². The topological polar surface area (TPSA) is 76.2 Å². The van der Waals surface area contributed by atoms with Crippen molar-refractivity contribution in [2.45, 2.75) is 44.6 Å². The predicted octanol–water partition coefficient (Wildman–Crippen LogP) is 2.70. The lowest BCUT2D eigenvalue weighted by atomic mass is 9.81. The molecule has 0 amide bonds. The van der Waals surface area contributed by atoms with Crippen LogP contribution in [-0.2, 0) is 14.8 Å². The van der Waals surface area contributed by atoms with Crippen molar-refractivity contribution in [3.05, 3.63) is 29.6 Å². The maximum absolute atomic E-state index is 14.3. The van der Waals surface area contributed by atoms with Gasteiger partial charge in [-0.25, -0.2) is 12.8 Å². The summed E-state index contributed by atoms with van der Waals surface area (Å²) in [6.45, 7) is 5.24. The Balaban J connectivity index is 1.70. The van der Waals surface area contributed by atoms with Gasteiger partial charge in [0.05, 0.1) is 18.4 Å². The van der Waals surface area contributed by atoms with Crippen molar-refractivity contribution in [3.8, 4) is 5.75 Å². The van der Waals surface area contributed by atoms with Crippen molar-refractivity contribution in [2.75, 3.05) is 52.3 Å². The summed E-state index contributed by atoms with van der Waals surface area (Å²) >= 11 is 0. The number of sulfonamides is 1. The normalized spacial score (nSPS) is 20.5. The molecule has 0 unspecified atom stereocenters. The second-order valence-corrected chi connectivity index (χ2v) is 10.4. The van der Waals surface area contributed by atoms with Crippen molar-refractivity contribution in [2.24, 2.45) is 0 Å². The fourth-order valence-corrected chi connectivity index (χ4v) is 6.21. The molecule has 0 spiro atoms. The van der Waals surface area contributed by atoms with Gasteiger partial charge in [0.2, 0.25) is 10.0 Å². The van der Waals surface area contributed by atoms with Crippen LogP contribution in [0, 0.1) is 5.82 Å². The quantitative estimate of drug-likeness (QED) is 0.532. The Kier molecular flexibility index (Phi) is 8.07. The number of nitrogens with zero attached hydrogens (tertiary/aromatic N) is 2. The molecule has 2 heterocycles. The van der Waals surface area contributed by atoms with Gasteiger partial charge in [-0.05, 0) is 37.8 Å². The van der Waals surface area contributed by atoms with Crippen LogP contribution in [0.5, 0.6) is 5.75 Å². The summed E-state index contributed by atoms with van der Waals surface area (Å²) in [6.07, 6.45) is 2.93. The van der Waals surface area contributed by atoms with E-state index in [1.165, 1.54) is 19.2 Å². The number of rotatable bonds is 9. The summed E-state index contributed by atoms with van der Waals surface area (Å²) in [4.78, 5) is 15.2. The van der Waals surface area contributed by atoms with Crippen LogP contribution in [0.2, 0.25) is 0 Å². The molecule has 0 N–H and O–H groups in total. The molecule has 9 heteroatoms. The molecule has 174 valence electrons. The molecule has 0 aliphatic carbocycles. The molecular weight excluding hydrogens is 423 g/mol. The summed E-state index contributed by atoms with van der Waals surface area (Å²) in [7, 11) is -1.78. The van der Waals surface area contributed by atoms with Gasteiger partial charge >= 0.3 is 0 Å². The summed E-state index contributed by atoms with van der Waals surface area (Å²) in [5, 5.41) is 0. The third kappa shape index (κ3) is 5.45. The van der Waals surface area contributed by atoms with Crippen LogP contribution < -0.4 is 4.74 Å². The van der Waals surface area contributed by atoms with Gasteiger partial charge in [-0.15, -0.1) is 0 Å². The zero-order valence-electron chi connectivity index (χ0n) is 18.4. The summed E-state index contributed by atoms with van der Waals surface area (Å²) in [5.41, 5.74) is -0.241. The van der Waals surface area contributed by atoms with Gasteiger partial charge in [0.25, 0.3) is 0 Å². The number of hydrogen-bond acceptors (Lipinski definition) is 6. The molecule has 2 aliphatic rings. The third-order valence-electron chi connectivity index (χ3n) is 6.48. The molecule has 1 aromatic rings. The minimum atomic E-state index is -3.21.